The minimum atomic E-state index is -0.0793. The van der Waals surface area contributed by atoms with E-state index < -0.39 is 0 Å². The molecule has 0 radical (unpaired) electrons. The first-order chi connectivity index (χ1) is 9.13. The lowest BCUT2D eigenvalue weighted by atomic mass is 10.1. The van der Waals surface area contributed by atoms with Crippen LogP contribution in [0.1, 0.15) is 43.0 Å². The number of hydrogen-bond acceptors (Lipinski definition) is 3. The summed E-state index contributed by atoms with van der Waals surface area (Å²) in [6.07, 6.45) is 4.65. The highest BCUT2D eigenvalue weighted by atomic mass is 16.5. The molecule has 0 heterocycles. The van der Waals surface area contributed by atoms with Crippen LogP contribution < -0.4 is 15.8 Å². The third kappa shape index (κ3) is 3.63. The fourth-order valence-corrected chi connectivity index (χ4v) is 2.24. The van der Waals surface area contributed by atoms with E-state index in [2.05, 4.69) is 12.2 Å². The van der Waals surface area contributed by atoms with E-state index in [1.54, 1.807) is 25.3 Å². The zero-order valence-electron chi connectivity index (χ0n) is 11.6. The number of nitrogens with one attached hydrogen (secondary N) is 1. The number of rotatable bonds is 6. The normalized spacial score (nSPS) is 15.9. The Labute approximate surface area is 114 Å². The molecule has 0 spiro atoms. The first-order valence-corrected chi connectivity index (χ1v) is 6.88. The minimum Gasteiger partial charge on any atom is -0.496 e. The number of benzene rings is 1. The second-order valence-electron chi connectivity index (χ2n) is 5.22. The van der Waals surface area contributed by atoms with Gasteiger partial charge in [0.1, 0.15) is 5.75 Å². The number of nitrogens with two attached hydrogens (primary N) is 1. The molecule has 2 rings (SSSR count). The van der Waals surface area contributed by atoms with Gasteiger partial charge in [0, 0.05) is 17.8 Å². The van der Waals surface area contributed by atoms with E-state index in [9.17, 15) is 4.79 Å². The Kier molecular flexibility index (Phi) is 4.30. The van der Waals surface area contributed by atoms with E-state index in [1.807, 2.05) is 0 Å². The fourth-order valence-electron chi connectivity index (χ4n) is 2.24. The van der Waals surface area contributed by atoms with Crippen molar-refractivity contribution in [2.24, 2.45) is 5.92 Å². The van der Waals surface area contributed by atoms with E-state index in [0.29, 0.717) is 17.0 Å². The molecule has 1 aromatic rings. The number of carbonyl (C=O) groups is 1. The number of anilines is 1. The summed E-state index contributed by atoms with van der Waals surface area (Å²) >= 11 is 0. The molecule has 104 valence electrons. The quantitative estimate of drug-likeness (QED) is 0.774. The van der Waals surface area contributed by atoms with E-state index in [1.165, 1.54) is 12.8 Å². The van der Waals surface area contributed by atoms with Crippen molar-refractivity contribution in [1.29, 1.82) is 0 Å². The Balaban J connectivity index is 2.05. The summed E-state index contributed by atoms with van der Waals surface area (Å²) in [6.45, 7) is 2.10. The summed E-state index contributed by atoms with van der Waals surface area (Å²) < 4.78 is 5.22. The first-order valence-electron chi connectivity index (χ1n) is 6.88. The summed E-state index contributed by atoms with van der Waals surface area (Å²) in [7, 11) is 1.55. The minimum absolute atomic E-state index is 0.0793. The molecule has 4 heteroatoms. The lowest BCUT2D eigenvalue weighted by Crippen LogP contribution is -2.35. The monoisotopic (exact) mass is 262 g/mol. The van der Waals surface area contributed by atoms with Gasteiger partial charge in [-0.05, 0) is 30.9 Å². The number of hydrogen-bond donors (Lipinski definition) is 2. The van der Waals surface area contributed by atoms with Gasteiger partial charge < -0.3 is 15.8 Å². The fraction of sp³-hybridized carbons (Fsp3) is 0.533. The van der Waals surface area contributed by atoms with Crippen LogP contribution in [0.5, 0.6) is 5.75 Å². The average molecular weight is 262 g/mol. The van der Waals surface area contributed by atoms with Crippen LogP contribution in [0.25, 0.3) is 0 Å². The standard InChI is InChI=1S/C15H22N2O2/c1-3-12(8-10-4-5-10)17-15(18)13-7-6-11(16)9-14(13)19-2/h6-7,9-10,12H,3-5,8,16H2,1-2H3,(H,17,18). The zero-order chi connectivity index (χ0) is 13.8. The second-order valence-corrected chi connectivity index (χ2v) is 5.22. The van der Waals surface area contributed by atoms with Gasteiger partial charge in [0.15, 0.2) is 0 Å². The maximum atomic E-state index is 12.3. The molecular weight excluding hydrogens is 240 g/mol. The second kappa shape index (κ2) is 5.95. The molecule has 19 heavy (non-hydrogen) atoms. The Morgan fingerprint density at radius 3 is 2.84 bits per heavy atom. The van der Waals surface area contributed by atoms with Crippen molar-refractivity contribution < 1.29 is 9.53 Å². The number of carbonyl (C=O) groups excluding carboxylic acids is 1. The largest absolute Gasteiger partial charge is 0.496 e. The van der Waals surface area contributed by atoms with Crippen molar-refractivity contribution >= 4 is 11.6 Å². The predicted molar refractivity (Wildman–Crippen MR) is 76.3 cm³/mol. The highest BCUT2D eigenvalue weighted by Gasteiger charge is 2.26. The maximum absolute atomic E-state index is 12.3. The number of ether oxygens (including phenoxy) is 1. The summed E-state index contributed by atoms with van der Waals surface area (Å²) in [5.41, 5.74) is 6.84. The van der Waals surface area contributed by atoms with Gasteiger partial charge in [0.25, 0.3) is 5.91 Å². The van der Waals surface area contributed by atoms with Gasteiger partial charge in [-0.15, -0.1) is 0 Å². The van der Waals surface area contributed by atoms with Gasteiger partial charge in [-0.2, -0.15) is 0 Å². The Morgan fingerprint density at radius 1 is 1.53 bits per heavy atom. The first kappa shape index (κ1) is 13.7. The molecule has 0 saturated heterocycles. The molecule has 1 aliphatic carbocycles. The topological polar surface area (TPSA) is 64.4 Å². The van der Waals surface area contributed by atoms with Crippen molar-refractivity contribution in [2.45, 2.75) is 38.6 Å². The zero-order valence-corrected chi connectivity index (χ0v) is 11.6. The van der Waals surface area contributed by atoms with Gasteiger partial charge in [0.05, 0.1) is 12.7 Å². The predicted octanol–water partition coefficient (Wildman–Crippen LogP) is 2.59. The molecule has 1 amide bonds. The highest BCUT2D eigenvalue weighted by molar-refractivity contribution is 5.97. The number of amides is 1. The molecule has 0 aromatic heterocycles. The molecule has 0 aliphatic heterocycles. The third-order valence-electron chi connectivity index (χ3n) is 3.61. The Bertz CT molecular complexity index is 455. The van der Waals surface area contributed by atoms with E-state index in [4.69, 9.17) is 10.5 Å². The van der Waals surface area contributed by atoms with Crippen molar-refractivity contribution in [1.82, 2.24) is 5.32 Å². The van der Waals surface area contributed by atoms with Crippen LogP contribution in [-0.2, 0) is 0 Å². The van der Waals surface area contributed by atoms with Crippen LogP contribution in [0.4, 0.5) is 5.69 Å². The van der Waals surface area contributed by atoms with Crippen LogP contribution in [-0.4, -0.2) is 19.1 Å². The van der Waals surface area contributed by atoms with E-state index >= 15 is 0 Å². The summed E-state index contributed by atoms with van der Waals surface area (Å²) in [5.74, 6) is 1.25. The molecule has 1 saturated carbocycles. The molecular formula is C15H22N2O2. The van der Waals surface area contributed by atoms with Crippen molar-refractivity contribution in [3.63, 3.8) is 0 Å². The van der Waals surface area contributed by atoms with E-state index in [0.717, 1.165) is 18.8 Å². The summed E-state index contributed by atoms with van der Waals surface area (Å²) in [6, 6.07) is 5.37. The molecule has 0 bridgehead atoms. The molecule has 1 aliphatic rings. The van der Waals surface area contributed by atoms with Gasteiger partial charge in [0.2, 0.25) is 0 Å². The number of nitrogen functional groups attached to an aromatic ring is 1. The Hall–Kier alpha value is -1.71. The molecule has 1 atom stereocenters. The SMILES string of the molecule is CCC(CC1CC1)NC(=O)c1ccc(N)cc1OC. The van der Waals surface area contributed by atoms with Crippen LogP contribution in [0.3, 0.4) is 0 Å². The van der Waals surface area contributed by atoms with Crippen molar-refractivity contribution in [3.8, 4) is 5.75 Å². The average Bonchev–Trinajstić information content (AvgIpc) is 3.21. The van der Waals surface area contributed by atoms with Crippen molar-refractivity contribution in [3.05, 3.63) is 23.8 Å². The highest BCUT2D eigenvalue weighted by Crippen LogP contribution is 2.34. The molecule has 3 N–H and O–H groups in total. The van der Waals surface area contributed by atoms with Gasteiger partial charge in [-0.3, -0.25) is 4.79 Å². The third-order valence-corrected chi connectivity index (χ3v) is 3.61. The molecule has 1 fully saturated rings. The molecule has 4 nitrogen and oxygen atoms in total. The van der Waals surface area contributed by atoms with Crippen LogP contribution in [0.15, 0.2) is 18.2 Å². The summed E-state index contributed by atoms with van der Waals surface area (Å²) in [5, 5.41) is 3.09. The summed E-state index contributed by atoms with van der Waals surface area (Å²) in [4.78, 5) is 12.3. The smallest absolute Gasteiger partial charge is 0.255 e. The van der Waals surface area contributed by atoms with Crippen LogP contribution in [0, 0.1) is 5.92 Å². The van der Waals surface area contributed by atoms with E-state index in [-0.39, 0.29) is 11.9 Å². The lowest BCUT2D eigenvalue weighted by molar-refractivity contribution is 0.0929. The Morgan fingerprint density at radius 2 is 2.26 bits per heavy atom. The number of methoxy groups -OCH3 is 1. The van der Waals surface area contributed by atoms with Crippen molar-refractivity contribution in [2.75, 3.05) is 12.8 Å². The molecule has 1 unspecified atom stereocenters. The molecule has 1 aromatic carbocycles. The van der Waals surface area contributed by atoms with Gasteiger partial charge >= 0.3 is 0 Å². The van der Waals surface area contributed by atoms with Crippen LogP contribution in [0.2, 0.25) is 0 Å². The van der Waals surface area contributed by atoms with Gasteiger partial charge in [-0.25, -0.2) is 0 Å². The van der Waals surface area contributed by atoms with Gasteiger partial charge in [-0.1, -0.05) is 19.8 Å². The van der Waals surface area contributed by atoms with Crippen LogP contribution >= 0.6 is 0 Å². The lowest BCUT2D eigenvalue weighted by Gasteiger charge is -2.17. The maximum Gasteiger partial charge on any atom is 0.255 e.